The first kappa shape index (κ1) is 19.0. The van der Waals surface area contributed by atoms with Crippen LogP contribution >= 0.6 is 0 Å². The number of carbonyl (C=O) groups is 1. The second-order valence-corrected chi connectivity index (χ2v) is 7.08. The van der Waals surface area contributed by atoms with Crippen molar-refractivity contribution in [1.82, 2.24) is 14.9 Å². The Kier molecular flexibility index (Phi) is 5.75. The summed E-state index contributed by atoms with van der Waals surface area (Å²) >= 11 is 0. The molecule has 0 radical (unpaired) electrons. The topological polar surface area (TPSA) is 56.2 Å². The van der Waals surface area contributed by atoms with E-state index in [1.807, 2.05) is 42.5 Å². The number of aromatic nitrogens is 2. The summed E-state index contributed by atoms with van der Waals surface area (Å²) < 4.78 is 8.33. The number of benzene rings is 3. The van der Waals surface area contributed by atoms with E-state index >= 15 is 0 Å². The lowest BCUT2D eigenvalue weighted by atomic mass is 10.1. The summed E-state index contributed by atoms with van der Waals surface area (Å²) in [5.74, 6) is 1.89. The molecule has 0 aliphatic heterocycles. The van der Waals surface area contributed by atoms with Gasteiger partial charge in [0.25, 0.3) is 0 Å². The van der Waals surface area contributed by atoms with Crippen LogP contribution in [-0.4, -0.2) is 28.6 Å². The van der Waals surface area contributed by atoms with E-state index in [4.69, 9.17) is 9.72 Å². The fourth-order valence-electron chi connectivity index (χ4n) is 3.64. The maximum atomic E-state index is 11.2. The average molecular weight is 387 g/mol. The number of carbonyl (C=O) groups excluding carboxylic acids is 1. The molecule has 29 heavy (non-hydrogen) atoms. The van der Waals surface area contributed by atoms with Crippen LogP contribution in [0.25, 0.3) is 21.8 Å². The minimum absolute atomic E-state index is 0.0175. The van der Waals surface area contributed by atoms with Crippen molar-refractivity contribution in [3.05, 3.63) is 72.6 Å². The molecule has 4 rings (SSSR count). The van der Waals surface area contributed by atoms with Gasteiger partial charge in [-0.25, -0.2) is 4.98 Å². The highest BCUT2D eigenvalue weighted by Gasteiger charge is 2.10. The Balaban J connectivity index is 1.44. The van der Waals surface area contributed by atoms with Gasteiger partial charge in [-0.2, -0.15) is 0 Å². The molecule has 1 N–H and O–H groups in total. The first-order valence-electron chi connectivity index (χ1n) is 10.0. The predicted octanol–water partition coefficient (Wildman–Crippen LogP) is 4.34. The average Bonchev–Trinajstić information content (AvgIpc) is 3.08. The highest BCUT2D eigenvalue weighted by atomic mass is 16.5. The number of nitrogens with one attached hydrogen (secondary N) is 1. The molecule has 0 aliphatic rings. The summed E-state index contributed by atoms with van der Waals surface area (Å²) in [6.07, 6.45) is 1.58. The zero-order valence-corrected chi connectivity index (χ0v) is 16.6. The van der Waals surface area contributed by atoms with Gasteiger partial charge in [-0.1, -0.05) is 48.5 Å². The number of imidazole rings is 1. The first-order valence-corrected chi connectivity index (χ1v) is 10.0. The number of para-hydroxylation sites is 2. The van der Waals surface area contributed by atoms with Crippen molar-refractivity contribution < 1.29 is 9.53 Å². The van der Waals surface area contributed by atoms with Crippen molar-refractivity contribution in [2.75, 3.05) is 13.2 Å². The molecule has 4 aromatic rings. The number of fused-ring (bicyclic) bond motifs is 2. The van der Waals surface area contributed by atoms with Crippen LogP contribution in [-0.2, 0) is 17.8 Å². The van der Waals surface area contributed by atoms with Gasteiger partial charge in [0.1, 0.15) is 11.6 Å². The molecule has 1 amide bonds. The second kappa shape index (κ2) is 8.78. The van der Waals surface area contributed by atoms with Gasteiger partial charge in [-0.15, -0.1) is 0 Å². The summed E-state index contributed by atoms with van der Waals surface area (Å²) in [5.41, 5.74) is 2.11. The molecular weight excluding hydrogens is 362 g/mol. The van der Waals surface area contributed by atoms with Crippen LogP contribution in [0.1, 0.15) is 19.2 Å². The SMILES string of the molecule is CC(=O)NCCc1nc2ccccc2n1CCCOc1cccc2ccccc12. The minimum Gasteiger partial charge on any atom is -0.493 e. The van der Waals surface area contributed by atoms with Crippen LogP contribution in [0, 0.1) is 0 Å². The molecule has 0 spiro atoms. The fraction of sp³-hybridized carbons (Fsp3) is 0.250. The van der Waals surface area contributed by atoms with E-state index in [1.165, 1.54) is 12.3 Å². The third-order valence-corrected chi connectivity index (χ3v) is 4.99. The number of ether oxygens (including phenoxy) is 1. The van der Waals surface area contributed by atoms with Crippen LogP contribution in [0.5, 0.6) is 5.75 Å². The second-order valence-electron chi connectivity index (χ2n) is 7.08. The van der Waals surface area contributed by atoms with E-state index < -0.39 is 0 Å². The molecule has 0 unspecified atom stereocenters. The fourth-order valence-corrected chi connectivity index (χ4v) is 3.64. The van der Waals surface area contributed by atoms with Crippen molar-refractivity contribution >= 4 is 27.7 Å². The molecule has 148 valence electrons. The Labute approximate surface area is 170 Å². The van der Waals surface area contributed by atoms with E-state index in [-0.39, 0.29) is 5.91 Å². The van der Waals surface area contributed by atoms with E-state index in [1.54, 1.807) is 0 Å². The van der Waals surface area contributed by atoms with Crippen LogP contribution in [0.15, 0.2) is 66.7 Å². The van der Waals surface area contributed by atoms with Crippen molar-refractivity contribution in [2.45, 2.75) is 26.3 Å². The number of aryl methyl sites for hydroxylation is 1. The van der Waals surface area contributed by atoms with Crippen molar-refractivity contribution in [1.29, 1.82) is 0 Å². The van der Waals surface area contributed by atoms with Gasteiger partial charge in [-0.05, 0) is 30.0 Å². The summed E-state index contributed by atoms with van der Waals surface area (Å²) in [6.45, 7) is 3.57. The Morgan fingerprint density at radius 3 is 2.72 bits per heavy atom. The molecule has 1 aromatic heterocycles. The molecule has 0 saturated carbocycles. The van der Waals surface area contributed by atoms with Crippen LogP contribution < -0.4 is 10.1 Å². The molecule has 5 heteroatoms. The summed E-state index contributed by atoms with van der Waals surface area (Å²) in [6, 6.07) is 22.6. The molecule has 0 atom stereocenters. The van der Waals surface area contributed by atoms with Crippen molar-refractivity contribution in [2.24, 2.45) is 0 Å². The highest BCUT2D eigenvalue weighted by molar-refractivity contribution is 5.88. The maximum absolute atomic E-state index is 11.2. The van der Waals surface area contributed by atoms with E-state index in [0.29, 0.717) is 19.6 Å². The van der Waals surface area contributed by atoms with E-state index in [2.05, 4.69) is 34.1 Å². The van der Waals surface area contributed by atoms with Gasteiger partial charge in [0.05, 0.1) is 17.6 Å². The molecule has 5 nitrogen and oxygen atoms in total. The van der Waals surface area contributed by atoms with E-state index in [9.17, 15) is 4.79 Å². The van der Waals surface area contributed by atoms with Gasteiger partial charge in [0.15, 0.2) is 0 Å². The highest BCUT2D eigenvalue weighted by Crippen LogP contribution is 2.25. The van der Waals surface area contributed by atoms with Gasteiger partial charge in [0.2, 0.25) is 5.91 Å². The first-order chi connectivity index (χ1) is 14.2. The smallest absolute Gasteiger partial charge is 0.216 e. The standard InChI is InChI=1S/C24H25N3O2/c1-18(28)25-15-14-24-26-21-11-4-5-12-22(21)27(24)16-7-17-29-23-13-6-9-19-8-2-3-10-20(19)23/h2-6,8-13H,7,14-17H2,1H3,(H,25,28). The molecular formula is C24H25N3O2. The predicted molar refractivity (Wildman–Crippen MR) is 116 cm³/mol. The lowest BCUT2D eigenvalue weighted by molar-refractivity contribution is -0.118. The zero-order valence-electron chi connectivity index (χ0n) is 16.6. The molecule has 1 heterocycles. The monoisotopic (exact) mass is 387 g/mol. The summed E-state index contributed by atoms with van der Waals surface area (Å²) in [4.78, 5) is 15.9. The summed E-state index contributed by atoms with van der Waals surface area (Å²) in [7, 11) is 0. The number of nitrogens with zero attached hydrogens (tertiary/aromatic N) is 2. The molecule has 0 saturated heterocycles. The third kappa shape index (κ3) is 4.40. The molecule has 0 fully saturated rings. The zero-order chi connectivity index (χ0) is 20.1. The number of hydrogen-bond acceptors (Lipinski definition) is 3. The largest absolute Gasteiger partial charge is 0.493 e. The van der Waals surface area contributed by atoms with Crippen LogP contribution in [0.3, 0.4) is 0 Å². The van der Waals surface area contributed by atoms with Crippen molar-refractivity contribution in [3.8, 4) is 5.75 Å². The minimum atomic E-state index is -0.0175. The van der Waals surface area contributed by atoms with Gasteiger partial charge in [0, 0.05) is 31.8 Å². The van der Waals surface area contributed by atoms with Gasteiger partial charge < -0.3 is 14.6 Å². The number of hydrogen-bond donors (Lipinski definition) is 1. The quantitative estimate of drug-likeness (QED) is 0.458. The van der Waals surface area contributed by atoms with Crippen LogP contribution in [0.2, 0.25) is 0 Å². The number of rotatable bonds is 8. The lowest BCUT2D eigenvalue weighted by Gasteiger charge is -2.12. The molecule has 0 bridgehead atoms. The van der Waals surface area contributed by atoms with Crippen molar-refractivity contribution in [3.63, 3.8) is 0 Å². The lowest BCUT2D eigenvalue weighted by Crippen LogP contribution is -2.23. The third-order valence-electron chi connectivity index (χ3n) is 4.99. The van der Waals surface area contributed by atoms with Crippen LogP contribution in [0.4, 0.5) is 0 Å². The Hall–Kier alpha value is -3.34. The van der Waals surface area contributed by atoms with Gasteiger partial charge >= 0.3 is 0 Å². The normalized spacial score (nSPS) is 11.1. The maximum Gasteiger partial charge on any atom is 0.216 e. The Morgan fingerprint density at radius 1 is 1.03 bits per heavy atom. The Morgan fingerprint density at radius 2 is 1.83 bits per heavy atom. The van der Waals surface area contributed by atoms with E-state index in [0.717, 1.165) is 41.0 Å². The molecule has 3 aromatic carbocycles. The Bertz CT molecular complexity index is 1130. The molecule has 0 aliphatic carbocycles. The summed E-state index contributed by atoms with van der Waals surface area (Å²) in [5, 5.41) is 5.18. The number of amides is 1. The van der Waals surface area contributed by atoms with Gasteiger partial charge in [-0.3, -0.25) is 4.79 Å².